The van der Waals surface area contributed by atoms with Gasteiger partial charge >= 0.3 is 5.97 Å². The molecular formula is C51H63N13O14S3. The monoisotopic (exact) mass is 1180 g/mol. The van der Waals surface area contributed by atoms with Crippen molar-refractivity contribution < 1.29 is 67.4 Å². The third kappa shape index (κ3) is 23.6. The smallest absolute Gasteiger partial charge is 0.327 e. The van der Waals surface area contributed by atoms with E-state index in [1.807, 2.05) is 77.7 Å². The van der Waals surface area contributed by atoms with Crippen LogP contribution in [-0.4, -0.2) is 176 Å². The Morgan fingerprint density at radius 3 is 1.17 bits per heavy atom. The molecule has 0 aliphatic carbocycles. The molecule has 8 bridgehead atoms. The zero-order valence-electron chi connectivity index (χ0n) is 43.7. The highest BCUT2D eigenvalue weighted by atomic mass is 32.2. The van der Waals surface area contributed by atoms with Crippen molar-refractivity contribution in [1.82, 2.24) is 58.5 Å². The minimum absolute atomic E-state index is 0.0167. The SMILES string of the molecule is N[C@H]1CSCc2ccc(cc2)N2c3ccc(cc3)CSC[C@@H](C(=O)O)NC(=O)CNC(=O)CNC(=O)CNC(=O)CNC(=O)CNC(=O)[C@H](CSCc3ccc2cc3)NC(=O)CNC(=O)CNC(=O)CNC(=O)CCC(=O)CNC1=O. The van der Waals surface area contributed by atoms with Crippen molar-refractivity contribution in [3.8, 4) is 0 Å². The summed E-state index contributed by atoms with van der Waals surface area (Å²) in [5.41, 5.74) is 11.0. The summed E-state index contributed by atoms with van der Waals surface area (Å²) in [7, 11) is 0. The molecule has 0 saturated carbocycles. The van der Waals surface area contributed by atoms with Gasteiger partial charge in [0.25, 0.3) is 0 Å². The fourth-order valence-electron chi connectivity index (χ4n) is 7.15. The first-order valence-corrected chi connectivity index (χ1v) is 28.6. The number of anilines is 3. The van der Waals surface area contributed by atoms with Gasteiger partial charge in [-0.3, -0.25) is 57.5 Å². The maximum absolute atomic E-state index is 13.5. The lowest BCUT2D eigenvalue weighted by Crippen LogP contribution is -2.53. The van der Waals surface area contributed by atoms with Crippen LogP contribution in [0.25, 0.3) is 0 Å². The second-order valence-corrected chi connectivity index (χ2v) is 21.1. The van der Waals surface area contributed by atoms with Crippen LogP contribution in [0.5, 0.6) is 0 Å². The summed E-state index contributed by atoms with van der Waals surface area (Å²) in [6.07, 6.45) is -0.526. The van der Waals surface area contributed by atoms with E-state index in [4.69, 9.17) is 5.73 Å². The van der Waals surface area contributed by atoms with Gasteiger partial charge < -0.3 is 74.2 Å². The van der Waals surface area contributed by atoms with Crippen LogP contribution in [0.4, 0.5) is 17.1 Å². The molecule has 81 heavy (non-hydrogen) atoms. The lowest BCUT2D eigenvalue weighted by Gasteiger charge is -2.26. The maximum atomic E-state index is 13.5. The summed E-state index contributed by atoms with van der Waals surface area (Å²) < 4.78 is 0. The normalized spacial score (nSPS) is 21.0. The van der Waals surface area contributed by atoms with Crippen LogP contribution < -0.4 is 69.1 Å². The molecule has 3 atom stereocenters. The van der Waals surface area contributed by atoms with Crippen molar-refractivity contribution in [2.45, 2.75) is 48.2 Å². The number of aliphatic carboxylic acids is 1. The number of amides is 11. The number of fused-ring (bicyclic) bond motifs is 2. The van der Waals surface area contributed by atoms with Crippen LogP contribution in [0.1, 0.15) is 29.5 Å². The van der Waals surface area contributed by atoms with Crippen LogP contribution in [0, 0.1) is 0 Å². The molecule has 11 amide bonds. The van der Waals surface area contributed by atoms with Gasteiger partial charge in [0.15, 0.2) is 5.78 Å². The lowest BCUT2D eigenvalue weighted by atomic mass is 10.1. The number of benzene rings is 3. The van der Waals surface area contributed by atoms with Crippen molar-refractivity contribution in [3.05, 3.63) is 89.5 Å². The van der Waals surface area contributed by atoms with Crippen molar-refractivity contribution in [2.24, 2.45) is 5.73 Å². The second kappa shape index (κ2) is 33.4. The fourth-order valence-corrected chi connectivity index (χ4v) is 10.1. The van der Waals surface area contributed by atoms with Crippen molar-refractivity contribution in [2.75, 3.05) is 81.1 Å². The maximum Gasteiger partial charge on any atom is 0.327 e. The van der Waals surface area contributed by atoms with E-state index in [0.717, 1.165) is 33.8 Å². The number of carbonyl (C=O) groups excluding carboxylic acids is 12. The highest BCUT2D eigenvalue weighted by molar-refractivity contribution is 7.99. The zero-order valence-corrected chi connectivity index (χ0v) is 46.1. The Balaban J connectivity index is 1.39. The van der Waals surface area contributed by atoms with Gasteiger partial charge in [0.05, 0.1) is 64.9 Å². The van der Waals surface area contributed by atoms with E-state index in [-0.39, 0.29) is 36.6 Å². The van der Waals surface area contributed by atoms with Crippen LogP contribution in [0.2, 0.25) is 0 Å². The highest BCUT2D eigenvalue weighted by Gasteiger charge is 2.24. The van der Waals surface area contributed by atoms with E-state index in [1.165, 1.54) is 35.3 Å². The van der Waals surface area contributed by atoms with Crippen molar-refractivity contribution in [1.29, 1.82) is 0 Å². The van der Waals surface area contributed by atoms with Crippen LogP contribution in [0.15, 0.2) is 72.8 Å². The molecule has 14 N–H and O–H groups in total. The minimum atomic E-state index is -1.30. The molecule has 0 fully saturated rings. The predicted octanol–water partition coefficient (Wildman–Crippen LogP) is -3.34. The molecule has 0 radical (unpaired) electrons. The number of nitrogens with two attached hydrogens (primary N) is 1. The van der Waals surface area contributed by atoms with Crippen LogP contribution >= 0.6 is 35.3 Å². The lowest BCUT2D eigenvalue weighted by molar-refractivity contribution is -0.141. The number of nitrogens with zero attached hydrogens (tertiary/aromatic N) is 1. The molecule has 0 spiro atoms. The molecule has 0 aromatic heterocycles. The number of ketones is 1. The molecule has 27 nitrogen and oxygen atoms in total. The van der Waals surface area contributed by atoms with Gasteiger partial charge in [-0.1, -0.05) is 36.4 Å². The Hall–Kier alpha value is -8.22. The number of thioether (sulfide) groups is 3. The van der Waals surface area contributed by atoms with Gasteiger partial charge in [-0.15, -0.1) is 0 Å². The number of hydrogen-bond donors (Lipinski definition) is 13. The van der Waals surface area contributed by atoms with Crippen LogP contribution in [0.3, 0.4) is 0 Å². The average Bonchev–Trinajstić information content (AvgIpc) is 3.45. The Labute approximate surface area is 477 Å². The van der Waals surface area contributed by atoms with Gasteiger partial charge in [0.2, 0.25) is 65.0 Å². The molecule has 9 rings (SSSR count). The number of carbonyl (C=O) groups is 13. The first-order chi connectivity index (χ1) is 38.8. The molecule has 6 aliphatic heterocycles. The molecule has 0 unspecified atom stereocenters. The van der Waals surface area contributed by atoms with E-state index in [1.54, 1.807) is 0 Å². The third-order valence-corrected chi connectivity index (χ3v) is 14.9. The number of carboxylic acid groups (broad SMARTS) is 1. The summed E-state index contributed by atoms with van der Waals surface area (Å²) in [4.78, 5) is 166. The number of hydrogen-bond acceptors (Lipinski definition) is 18. The molecule has 6 aliphatic rings. The van der Waals surface area contributed by atoms with Crippen molar-refractivity contribution >= 4 is 129 Å². The summed E-state index contributed by atoms with van der Waals surface area (Å²) >= 11 is 3.93. The Bertz CT molecular complexity index is 2780. The van der Waals surface area contributed by atoms with E-state index >= 15 is 0 Å². The van der Waals surface area contributed by atoms with E-state index in [0.29, 0.717) is 17.3 Å². The van der Waals surface area contributed by atoms with Crippen molar-refractivity contribution in [3.63, 3.8) is 0 Å². The average molecular weight is 1180 g/mol. The Morgan fingerprint density at radius 1 is 0.407 bits per heavy atom. The standard InChI is InChI=1S/C51H63N13O14S3/c52-37-27-79-24-30-1-7-33(8-2-30)64-34-9-3-31(4-10-34)25-80-28-38(62-47(73)22-58-44(70)19-54-41(67)16-53-40(66)14-13-36(65)15-60-49(37)75)50(76)61-21-46(72)57-18-43(69)55-17-42(68)56-20-45(71)59-23-48(74)63-39(51(77)78)29-81-26-32-5-11-35(64)12-6-32/h1-12,37-39H,13-29,52H2,(H,53,66)(H,54,67)(H,55,69)(H,56,68)(H,57,72)(H,58,70)(H,59,71)(H,60,75)(H,61,76)(H,62,73)(H,63,74)(H,77,78)/t37-,38-,39-/m0/s1. The number of rotatable bonds is 1. The molecule has 3 aromatic carbocycles. The number of Topliss-reactive ketones (excluding diaryl/α,β-unsaturated/α-hetero) is 1. The van der Waals surface area contributed by atoms with Gasteiger partial charge in [-0.05, 0) is 53.1 Å². The molecule has 434 valence electrons. The molecule has 0 saturated heterocycles. The highest BCUT2D eigenvalue weighted by Crippen LogP contribution is 2.36. The number of carboxylic acids is 1. The summed E-state index contributed by atoms with van der Waals surface area (Å²) in [5.74, 6) is -8.69. The van der Waals surface area contributed by atoms with Crippen LogP contribution in [-0.2, 0) is 79.6 Å². The fraction of sp³-hybridized carbons (Fsp3) is 0.392. The molecule has 3 aromatic rings. The predicted molar refractivity (Wildman–Crippen MR) is 300 cm³/mol. The van der Waals surface area contributed by atoms with E-state index in [2.05, 4.69) is 58.5 Å². The first-order valence-electron chi connectivity index (χ1n) is 25.1. The van der Waals surface area contributed by atoms with Gasteiger partial charge in [0, 0.05) is 64.4 Å². The summed E-state index contributed by atoms with van der Waals surface area (Å²) in [6.45, 7) is -5.15. The Morgan fingerprint density at radius 2 is 0.753 bits per heavy atom. The Kier molecular flexibility index (Phi) is 26.2. The van der Waals surface area contributed by atoms with Gasteiger partial charge in [-0.25, -0.2) is 4.79 Å². The zero-order chi connectivity index (χ0) is 58.7. The minimum Gasteiger partial charge on any atom is -0.480 e. The largest absolute Gasteiger partial charge is 0.480 e. The molecule has 6 heterocycles. The third-order valence-electron chi connectivity index (χ3n) is 11.5. The van der Waals surface area contributed by atoms with E-state index in [9.17, 15) is 67.4 Å². The van der Waals surface area contributed by atoms with Gasteiger partial charge in [0.1, 0.15) is 12.1 Å². The molecule has 30 heteroatoms. The molecular weight excluding hydrogens is 1110 g/mol. The quantitative estimate of drug-likeness (QED) is 0.113. The summed E-state index contributed by atoms with van der Waals surface area (Å²) in [6, 6.07) is 19.3. The number of nitrogens with one attached hydrogen (secondary N) is 11. The topological polar surface area (TPSA) is 404 Å². The summed E-state index contributed by atoms with van der Waals surface area (Å²) in [5, 5.41) is 35.7. The van der Waals surface area contributed by atoms with E-state index < -0.39 is 147 Å². The second-order valence-electron chi connectivity index (χ2n) is 18.0. The van der Waals surface area contributed by atoms with Gasteiger partial charge in [-0.2, -0.15) is 35.3 Å². The first kappa shape index (κ1) is 63.6.